The molecule has 1 aromatic carbocycles. The standard InChI is InChI=1S/C21H28N6O2/c1-22-19-20(24-10-9-23-19)26-11-15-12-27(21(28)25(2)3)18(17(15)13-26)14-5-7-16(29-4)8-6-14/h5-10,15,17-18H,11-13H2,1-4H3,(H,22,23)/t15-,17-,18+/m1/s1. The van der Waals surface area contributed by atoms with Crippen LogP contribution in [0, 0.1) is 11.8 Å². The van der Waals surface area contributed by atoms with E-state index in [9.17, 15) is 4.79 Å². The van der Waals surface area contributed by atoms with Crippen molar-refractivity contribution in [2.24, 2.45) is 11.8 Å². The Morgan fingerprint density at radius 2 is 1.86 bits per heavy atom. The third-order valence-electron chi connectivity index (χ3n) is 5.96. The molecular formula is C21H28N6O2. The number of anilines is 2. The summed E-state index contributed by atoms with van der Waals surface area (Å²) in [7, 11) is 7.15. The third kappa shape index (κ3) is 3.43. The maximum atomic E-state index is 12.9. The molecule has 0 bridgehead atoms. The van der Waals surface area contributed by atoms with E-state index in [0.29, 0.717) is 11.8 Å². The molecule has 2 aromatic rings. The van der Waals surface area contributed by atoms with E-state index in [1.54, 1.807) is 24.4 Å². The van der Waals surface area contributed by atoms with Crippen LogP contribution in [0.25, 0.3) is 0 Å². The Balaban J connectivity index is 1.65. The summed E-state index contributed by atoms with van der Waals surface area (Å²) in [5.41, 5.74) is 1.14. The van der Waals surface area contributed by atoms with Gasteiger partial charge in [-0.3, -0.25) is 0 Å². The summed E-state index contributed by atoms with van der Waals surface area (Å²) < 4.78 is 5.31. The van der Waals surface area contributed by atoms with Crippen LogP contribution in [0.15, 0.2) is 36.7 Å². The first-order valence-corrected chi connectivity index (χ1v) is 9.89. The van der Waals surface area contributed by atoms with Crippen LogP contribution in [0.1, 0.15) is 11.6 Å². The second-order valence-electron chi connectivity index (χ2n) is 7.85. The second-order valence-corrected chi connectivity index (χ2v) is 7.85. The molecule has 0 unspecified atom stereocenters. The molecule has 1 N–H and O–H groups in total. The Morgan fingerprint density at radius 3 is 2.52 bits per heavy atom. The number of rotatable bonds is 4. The van der Waals surface area contributed by atoms with Gasteiger partial charge in [-0.25, -0.2) is 14.8 Å². The number of ether oxygens (including phenoxy) is 1. The number of urea groups is 1. The highest BCUT2D eigenvalue weighted by molar-refractivity contribution is 5.75. The van der Waals surface area contributed by atoms with Crippen molar-refractivity contribution in [2.45, 2.75) is 6.04 Å². The van der Waals surface area contributed by atoms with Crippen molar-refractivity contribution < 1.29 is 9.53 Å². The first-order valence-electron chi connectivity index (χ1n) is 9.89. The molecule has 0 radical (unpaired) electrons. The predicted molar refractivity (Wildman–Crippen MR) is 112 cm³/mol. The molecule has 3 atom stereocenters. The van der Waals surface area contributed by atoms with E-state index in [1.165, 1.54) is 0 Å². The summed E-state index contributed by atoms with van der Waals surface area (Å²) in [4.78, 5) is 27.8. The summed E-state index contributed by atoms with van der Waals surface area (Å²) in [5, 5.41) is 3.14. The number of likely N-dealkylation sites (tertiary alicyclic amines) is 1. The van der Waals surface area contributed by atoms with Crippen LogP contribution in [0.4, 0.5) is 16.4 Å². The Labute approximate surface area is 171 Å². The van der Waals surface area contributed by atoms with Gasteiger partial charge in [-0.05, 0) is 17.7 Å². The molecule has 0 aliphatic carbocycles. The minimum Gasteiger partial charge on any atom is -0.497 e. The quantitative estimate of drug-likeness (QED) is 0.855. The smallest absolute Gasteiger partial charge is 0.320 e. The van der Waals surface area contributed by atoms with Crippen LogP contribution >= 0.6 is 0 Å². The third-order valence-corrected chi connectivity index (χ3v) is 5.96. The Kier molecular flexibility index (Phi) is 5.17. The number of hydrogen-bond acceptors (Lipinski definition) is 6. The molecular weight excluding hydrogens is 368 g/mol. The lowest BCUT2D eigenvalue weighted by molar-refractivity contribution is 0.159. The molecule has 4 rings (SSSR count). The fraction of sp³-hybridized carbons (Fsp3) is 0.476. The van der Waals surface area contributed by atoms with Crippen LogP contribution in [-0.4, -0.2) is 73.7 Å². The number of carbonyl (C=O) groups is 1. The van der Waals surface area contributed by atoms with Crippen molar-refractivity contribution in [3.05, 3.63) is 42.2 Å². The minimum atomic E-state index is 0.0283. The van der Waals surface area contributed by atoms with Gasteiger partial charge in [-0.2, -0.15) is 0 Å². The molecule has 154 valence electrons. The number of carbonyl (C=O) groups excluding carboxylic acids is 1. The van der Waals surface area contributed by atoms with Gasteiger partial charge in [0.25, 0.3) is 0 Å². The SMILES string of the molecule is CNc1nccnc1N1C[C@@H]2CN(C(=O)N(C)C)[C@@H](c3ccc(OC)cc3)[C@@H]2C1. The van der Waals surface area contributed by atoms with E-state index >= 15 is 0 Å². The summed E-state index contributed by atoms with van der Waals surface area (Å²) >= 11 is 0. The van der Waals surface area contributed by atoms with Crippen LogP contribution < -0.4 is 15.0 Å². The maximum absolute atomic E-state index is 12.9. The highest BCUT2D eigenvalue weighted by atomic mass is 16.5. The number of hydrogen-bond donors (Lipinski definition) is 1. The Hall–Kier alpha value is -3.03. The number of methoxy groups -OCH3 is 1. The Morgan fingerprint density at radius 1 is 1.14 bits per heavy atom. The monoisotopic (exact) mass is 396 g/mol. The zero-order valence-corrected chi connectivity index (χ0v) is 17.4. The molecule has 2 aliphatic rings. The normalized spacial score (nSPS) is 23.1. The van der Waals surface area contributed by atoms with Gasteiger partial charge in [0.1, 0.15) is 5.75 Å². The van der Waals surface area contributed by atoms with Crippen molar-refractivity contribution >= 4 is 17.7 Å². The lowest BCUT2D eigenvalue weighted by atomic mass is 9.89. The van der Waals surface area contributed by atoms with Crippen LogP contribution in [0.3, 0.4) is 0 Å². The molecule has 8 nitrogen and oxygen atoms in total. The lowest BCUT2D eigenvalue weighted by Crippen LogP contribution is -2.41. The summed E-state index contributed by atoms with van der Waals surface area (Å²) in [6.07, 6.45) is 3.43. The minimum absolute atomic E-state index is 0.0283. The zero-order valence-electron chi connectivity index (χ0n) is 17.4. The predicted octanol–water partition coefficient (Wildman–Crippen LogP) is 2.32. The zero-order chi connectivity index (χ0) is 20.5. The van der Waals surface area contributed by atoms with Crippen LogP contribution in [0.2, 0.25) is 0 Å². The molecule has 1 aromatic heterocycles. The van der Waals surface area contributed by atoms with E-state index in [2.05, 4.69) is 32.3 Å². The van der Waals surface area contributed by atoms with Crippen molar-refractivity contribution in [2.75, 3.05) is 58.1 Å². The van der Waals surface area contributed by atoms with Gasteiger partial charge in [0.2, 0.25) is 0 Å². The van der Waals surface area contributed by atoms with E-state index in [4.69, 9.17) is 4.74 Å². The van der Waals surface area contributed by atoms with Crippen molar-refractivity contribution in [1.29, 1.82) is 0 Å². The number of nitrogens with zero attached hydrogens (tertiary/aromatic N) is 5. The molecule has 8 heteroatoms. The van der Waals surface area contributed by atoms with Gasteiger partial charge in [-0.15, -0.1) is 0 Å². The second kappa shape index (κ2) is 7.77. The molecule has 2 saturated heterocycles. The average Bonchev–Trinajstić information content (AvgIpc) is 3.31. The highest BCUT2D eigenvalue weighted by Gasteiger charge is 2.50. The number of amides is 2. The van der Waals surface area contributed by atoms with Crippen molar-refractivity contribution in [3.63, 3.8) is 0 Å². The van der Waals surface area contributed by atoms with Gasteiger partial charge in [0, 0.05) is 65.0 Å². The fourth-order valence-electron chi connectivity index (χ4n) is 4.64. The van der Waals surface area contributed by atoms with Gasteiger partial charge >= 0.3 is 6.03 Å². The average molecular weight is 396 g/mol. The summed E-state index contributed by atoms with van der Waals surface area (Å²) in [6.45, 7) is 2.44. The summed E-state index contributed by atoms with van der Waals surface area (Å²) in [6, 6.07) is 8.17. The van der Waals surface area contributed by atoms with E-state index in [1.807, 2.05) is 38.2 Å². The van der Waals surface area contributed by atoms with Crippen molar-refractivity contribution in [1.82, 2.24) is 19.8 Å². The maximum Gasteiger partial charge on any atom is 0.320 e. The van der Waals surface area contributed by atoms with Crippen LogP contribution in [0.5, 0.6) is 5.75 Å². The number of benzene rings is 1. The molecule has 3 heterocycles. The van der Waals surface area contributed by atoms with E-state index in [-0.39, 0.29) is 12.1 Å². The van der Waals surface area contributed by atoms with Gasteiger partial charge in [-0.1, -0.05) is 12.1 Å². The number of nitrogens with one attached hydrogen (secondary N) is 1. The van der Waals surface area contributed by atoms with Crippen LogP contribution in [-0.2, 0) is 0 Å². The van der Waals surface area contributed by atoms with Gasteiger partial charge in [0.15, 0.2) is 11.6 Å². The summed E-state index contributed by atoms with van der Waals surface area (Å²) in [5.74, 6) is 3.20. The fourth-order valence-corrected chi connectivity index (χ4v) is 4.64. The molecule has 0 spiro atoms. The first-order chi connectivity index (χ1) is 14.0. The van der Waals surface area contributed by atoms with Gasteiger partial charge < -0.3 is 24.8 Å². The molecule has 2 aliphatic heterocycles. The number of aromatic nitrogens is 2. The highest BCUT2D eigenvalue weighted by Crippen LogP contribution is 2.46. The van der Waals surface area contributed by atoms with E-state index in [0.717, 1.165) is 42.6 Å². The molecule has 29 heavy (non-hydrogen) atoms. The van der Waals surface area contributed by atoms with E-state index < -0.39 is 0 Å². The molecule has 0 saturated carbocycles. The molecule has 2 amide bonds. The molecule has 2 fully saturated rings. The van der Waals surface area contributed by atoms with Gasteiger partial charge in [0.05, 0.1) is 13.2 Å². The number of fused-ring (bicyclic) bond motifs is 1. The largest absolute Gasteiger partial charge is 0.497 e. The first kappa shape index (κ1) is 19.3. The Bertz CT molecular complexity index is 872. The lowest BCUT2D eigenvalue weighted by Gasteiger charge is -2.32. The topological polar surface area (TPSA) is 73.8 Å². The van der Waals surface area contributed by atoms with Crippen molar-refractivity contribution in [3.8, 4) is 5.75 Å².